The van der Waals surface area contributed by atoms with Crippen LogP contribution in [0.5, 0.6) is 0 Å². The molecule has 0 aromatic heterocycles. The lowest BCUT2D eigenvalue weighted by atomic mass is 9.82. The topological polar surface area (TPSA) is 109 Å². The number of carbonyl (C=O) groups is 3. The van der Waals surface area contributed by atoms with Gasteiger partial charge in [0.1, 0.15) is 11.8 Å². The minimum Gasteiger partial charge on any atom is -0.378 e. The van der Waals surface area contributed by atoms with Gasteiger partial charge in [0, 0.05) is 12.8 Å². The molecule has 0 radical (unpaired) electrons. The van der Waals surface area contributed by atoms with E-state index in [0.717, 1.165) is 0 Å². The van der Waals surface area contributed by atoms with Crippen LogP contribution in [0.15, 0.2) is 30.3 Å². The van der Waals surface area contributed by atoms with Crippen molar-refractivity contribution in [3.8, 4) is 0 Å². The van der Waals surface area contributed by atoms with Gasteiger partial charge in [-0.25, -0.2) is 0 Å². The van der Waals surface area contributed by atoms with E-state index in [1.54, 1.807) is 30.3 Å². The quantitative estimate of drug-likeness (QED) is 0.733. The Morgan fingerprint density at radius 2 is 1.95 bits per heavy atom. The number of ketones is 1. The third-order valence-electron chi connectivity index (χ3n) is 3.96. The number of hydrogen-bond acceptors (Lipinski definition) is 4. The number of Topliss-reactive ketones (excluding diaryl/α,β-unsaturated/α-hetero) is 1. The minimum absolute atomic E-state index is 0.0698. The molecule has 0 aliphatic heterocycles. The SMILES string of the molecule is NC(=O)[C@@H](NC(=O)[C@@H](O)c1ccccc1)[C@@H]1CCCC(=O)C1. The van der Waals surface area contributed by atoms with Crippen LogP contribution in [-0.4, -0.2) is 28.7 Å². The third-order valence-corrected chi connectivity index (χ3v) is 3.96. The van der Waals surface area contributed by atoms with Crippen molar-refractivity contribution >= 4 is 17.6 Å². The smallest absolute Gasteiger partial charge is 0.254 e. The van der Waals surface area contributed by atoms with Crippen molar-refractivity contribution in [3.63, 3.8) is 0 Å². The van der Waals surface area contributed by atoms with Crippen molar-refractivity contribution in [1.29, 1.82) is 0 Å². The maximum Gasteiger partial charge on any atom is 0.254 e. The summed E-state index contributed by atoms with van der Waals surface area (Å²) in [5, 5.41) is 12.5. The van der Waals surface area contributed by atoms with E-state index in [-0.39, 0.29) is 18.1 Å². The number of aliphatic hydroxyl groups is 1. The zero-order chi connectivity index (χ0) is 16.1. The second kappa shape index (κ2) is 7.17. The van der Waals surface area contributed by atoms with Crippen LogP contribution in [0.2, 0.25) is 0 Å². The van der Waals surface area contributed by atoms with Crippen molar-refractivity contribution < 1.29 is 19.5 Å². The van der Waals surface area contributed by atoms with Gasteiger partial charge in [0.2, 0.25) is 5.91 Å². The Morgan fingerprint density at radius 3 is 2.55 bits per heavy atom. The van der Waals surface area contributed by atoms with E-state index >= 15 is 0 Å². The third kappa shape index (κ3) is 3.92. The first-order valence-corrected chi connectivity index (χ1v) is 7.33. The van der Waals surface area contributed by atoms with E-state index < -0.39 is 24.0 Å². The molecule has 1 aromatic rings. The molecule has 0 unspecified atom stereocenters. The Bertz CT molecular complexity index is 559. The molecule has 1 aliphatic rings. The summed E-state index contributed by atoms with van der Waals surface area (Å²) in [5.41, 5.74) is 5.79. The Balaban J connectivity index is 2.06. The lowest BCUT2D eigenvalue weighted by molar-refractivity contribution is -0.135. The number of hydrogen-bond donors (Lipinski definition) is 3. The summed E-state index contributed by atoms with van der Waals surface area (Å²) in [5.74, 6) is -1.60. The molecule has 118 valence electrons. The number of carbonyl (C=O) groups excluding carboxylic acids is 3. The number of nitrogens with two attached hydrogens (primary N) is 1. The van der Waals surface area contributed by atoms with Crippen LogP contribution < -0.4 is 11.1 Å². The van der Waals surface area contributed by atoms with Crippen LogP contribution in [0.3, 0.4) is 0 Å². The molecular weight excluding hydrogens is 284 g/mol. The molecule has 0 spiro atoms. The summed E-state index contributed by atoms with van der Waals surface area (Å²) in [6, 6.07) is 7.49. The van der Waals surface area contributed by atoms with E-state index in [1.165, 1.54) is 0 Å². The van der Waals surface area contributed by atoms with Crippen molar-refractivity contribution in [2.75, 3.05) is 0 Å². The monoisotopic (exact) mass is 304 g/mol. The number of nitrogens with one attached hydrogen (secondary N) is 1. The van der Waals surface area contributed by atoms with Crippen molar-refractivity contribution in [1.82, 2.24) is 5.32 Å². The molecule has 0 heterocycles. The standard InChI is InChI=1S/C16H20N2O4/c17-15(21)13(11-7-4-8-12(19)9-11)18-16(22)14(20)10-5-2-1-3-6-10/h1-3,5-6,11,13-14,20H,4,7-9H2,(H2,17,21)(H,18,22)/t11-,13+,14+/m1/s1. The molecule has 6 nitrogen and oxygen atoms in total. The lowest BCUT2D eigenvalue weighted by Gasteiger charge is -2.28. The van der Waals surface area contributed by atoms with Crippen molar-refractivity contribution in [2.45, 2.75) is 37.8 Å². The van der Waals surface area contributed by atoms with Gasteiger partial charge in [-0.2, -0.15) is 0 Å². The Kier molecular flexibility index (Phi) is 5.27. The first-order valence-electron chi connectivity index (χ1n) is 7.33. The van der Waals surface area contributed by atoms with Crippen LogP contribution >= 0.6 is 0 Å². The summed E-state index contributed by atoms with van der Waals surface area (Å²) in [4.78, 5) is 35.3. The van der Waals surface area contributed by atoms with Gasteiger partial charge in [-0.15, -0.1) is 0 Å². The molecule has 6 heteroatoms. The van der Waals surface area contributed by atoms with Crippen LogP contribution in [0, 0.1) is 5.92 Å². The number of amides is 2. The molecule has 1 fully saturated rings. The van der Waals surface area contributed by atoms with Crippen molar-refractivity contribution in [2.24, 2.45) is 11.7 Å². The van der Waals surface area contributed by atoms with Gasteiger partial charge in [0.25, 0.3) is 5.91 Å². The number of aliphatic hydroxyl groups excluding tert-OH is 1. The fourth-order valence-corrected chi connectivity index (χ4v) is 2.78. The molecule has 1 aliphatic carbocycles. The van der Waals surface area contributed by atoms with Gasteiger partial charge < -0.3 is 16.2 Å². The minimum atomic E-state index is -1.37. The number of primary amides is 1. The van der Waals surface area contributed by atoms with E-state index in [2.05, 4.69) is 5.32 Å². The normalized spacial score (nSPS) is 21.0. The van der Waals surface area contributed by atoms with Gasteiger partial charge in [0.15, 0.2) is 6.10 Å². The van der Waals surface area contributed by atoms with E-state index in [0.29, 0.717) is 24.8 Å². The van der Waals surface area contributed by atoms with Gasteiger partial charge in [-0.1, -0.05) is 30.3 Å². The highest BCUT2D eigenvalue weighted by atomic mass is 16.3. The van der Waals surface area contributed by atoms with Gasteiger partial charge in [-0.3, -0.25) is 14.4 Å². The fourth-order valence-electron chi connectivity index (χ4n) is 2.78. The van der Waals surface area contributed by atoms with Gasteiger partial charge >= 0.3 is 0 Å². The van der Waals surface area contributed by atoms with E-state index in [9.17, 15) is 19.5 Å². The average molecular weight is 304 g/mol. The second-order valence-electron chi connectivity index (χ2n) is 5.60. The predicted octanol–water partition coefficient (Wildman–Crippen LogP) is 0.449. The predicted molar refractivity (Wildman–Crippen MR) is 79.5 cm³/mol. The molecule has 0 saturated heterocycles. The Morgan fingerprint density at radius 1 is 1.27 bits per heavy atom. The molecule has 2 amide bonds. The molecule has 0 bridgehead atoms. The second-order valence-corrected chi connectivity index (χ2v) is 5.60. The first-order chi connectivity index (χ1) is 10.5. The fraction of sp³-hybridized carbons (Fsp3) is 0.438. The van der Waals surface area contributed by atoms with Crippen LogP contribution in [-0.2, 0) is 14.4 Å². The zero-order valence-electron chi connectivity index (χ0n) is 12.2. The highest BCUT2D eigenvalue weighted by Crippen LogP contribution is 2.25. The summed E-state index contributed by atoms with van der Waals surface area (Å²) in [7, 11) is 0. The maximum absolute atomic E-state index is 12.1. The van der Waals surface area contributed by atoms with Crippen LogP contribution in [0.4, 0.5) is 0 Å². The molecule has 3 atom stereocenters. The van der Waals surface area contributed by atoms with Gasteiger partial charge in [-0.05, 0) is 24.3 Å². The Labute approximate surface area is 128 Å². The van der Waals surface area contributed by atoms with E-state index in [4.69, 9.17) is 5.73 Å². The average Bonchev–Trinajstić information content (AvgIpc) is 2.52. The molecule has 4 N–H and O–H groups in total. The molecule has 22 heavy (non-hydrogen) atoms. The highest BCUT2D eigenvalue weighted by molar-refractivity contribution is 5.90. The zero-order valence-corrected chi connectivity index (χ0v) is 12.2. The summed E-state index contributed by atoms with van der Waals surface area (Å²) < 4.78 is 0. The van der Waals surface area contributed by atoms with Crippen LogP contribution in [0.25, 0.3) is 0 Å². The van der Waals surface area contributed by atoms with Crippen molar-refractivity contribution in [3.05, 3.63) is 35.9 Å². The number of benzene rings is 1. The lowest BCUT2D eigenvalue weighted by Crippen LogP contribution is -2.51. The number of rotatable bonds is 5. The summed E-state index contributed by atoms with van der Waals surface area (Å²) in [6.45, 7) is 0. The molecule has 2 rings (SSSR count). The largest absolute Gasteiger partial charge is 0.378 e. The maximum atomic E-state index is 12.1. The Hall–Kier alpha value is -2.21. The van der Waals surface area contributed by atoms with E-state index in [1.807, 2.05) is 0 Å². The molecular formula is C16H20N2O4. The van der Waals surface area contributed by atoms with Gasteiger partial charge in [0.05, 0.1) is 0 Å². The highest BCUT2D eigenvalue weighted by Gasteiger charge is 2.33. The molecule has 1 aromatic carbocycles. The first kappa shape index (κ1) is 16.2. The summed E-state index contributed by atoms with van der Waals surface area (Å²) >= 11 is 0. The van der Waals surface area contributed by atoms with Crippen LogP contribution in [0.1, 0.15) is 37.4 Å². The summed E-state index contributed by atoms with van der Waals surface area (Å²) in [6.07, 6.45) is 0.700. The molecule has 1 saturated carbocycles.